The van der Waals surface area contributed by atoms with Crippen LogP contribution in [0.4, 0.5) is 15.9 Å². The lowest BCUT2D eigenvalue weighted by atomic mass is 9.82. The molecule has 0 bridgehead atoms. The molecule has 7 nitrogen and oxygen atoms in total. The molecular weight excluding hydrogens is 433 g/mol. The van der Waals surface area contributed by atoms with E-state index in [1.807, 2.05) is 6.07 Å². The van der Waals surface area contributed by atoms with Gasteiger partial charge in [0.05, 0.1) is 18.5 Å². The number of nitrogens with zero attached hydrogens (tertiary/aromatic N) is 2. The molecule has 2 fully saturated rings. The molecule has 34 heavy (non-hydrogen) atoms. The molecule has 2 aromatic heterocycles. The van der Waals surface area contributed by atoms with Crippen molar-refractivity contribution in [2.45, 2.75) is 57.5 Å². The molecule has 1 saturated carbocycles. The van der Waals surface area contributed by atoms with Crippen molar-refractivity contribution in [3.8, 4) is 11.1 Å². The summed E-state index contributed by atoms with van der Waals surface area (Å²) in [6.45, 7) is 6.36. The van der Waals surface area contributed by atoms with Crippen molar-refractivity contribution in [2.24, 2.45) is 5.41 Å². The van der Waals surface area contributed by atoms with Crippen LogP contribution in [0.5, 0.6) is 0 Å². The van der Waals surface area contributed by atoms with Gasteiger partial charge in [-0.1, -0.05) is 6.92 Å². The summed E-state index contributed by atoms with van der Waals surface area (Å²) in [6, 6.07) is 4.65. The summed E-state index contributed by atoms with van der Waals surface area (Å²) in [5.74, 6) is 0.368. The van der Waals surface area contributed by atoms with Crippen molar-refractivity contribution in [1.82, 2.24) is 15.3 Å². The van der Waals surface area contributed by atoms with Gasteiger partial charge in [-0.2, -0.15) is 0 Å². The van der Waals surface area contributed by atoms with E-state index in [4.69, 9.17) is 9.47 Å². The number of nitrogens with one attached hydrogen (secondary N) is 3. The first kappa shape index (κ1) is 24.8. The molecule has 1 aliphatic carbocycles. The molecule has 0 atom stereocenters. The highest BCUT2D eigenvalue weighted by atomic mass is 19.1. The van der Waals surface area contributed by atoms with E-state index in [9.17, 15) is 4.39 Å². The maximum absolute atomic E-state index is 14.7. The highest BCUT2D eigenvalue weighted by molar-refractivity contribution is 5.69. The first-order chi connectivity index (χ1) is 16.5. The largest absolute Gasteiger partial charge is 0.383 e. The molecule has 4 rings (SSSR count). The second kappa shape index (κ2) is 11.9. The van der Waals surface area contributed by atoms with Crippen molar-refractivity contribution in [3.05, 3.63) is 36.5 Å². The minimum absolute atomic E-state index is 0.200. The smallest absolute Gasteiger partial charge is 0.149 e. The molecule has 3 N–H and O–H groups in total. The zero-order chi connectivity index (χ0) is 23.8. The minimum atomic E-state index is -0.341. The molecule has 0 aromatic carbocycles. The van der Waals surface area contributed by atoms with E-state index in [0.717, 1.165) is 82.7 Å². The molecule has 0 unspecified atom stereocenters. The topological polar surface area (TPSA) is 80.3 Å². The molecule has 0 amide bonds. The van der Waals surface area contributed by atoms with Gasteiger partial charge in [-0.15, -0.1) is 0 Å². The van der Waals surface area contributed by atoms with Crippen molar-refractivity contribution in [2.75, 3.05) is 50.7 Å². The number of hydrogen-bond acceptors (Lipinski definition) is 7. The van der Waals surface area contributed by atoms with Crippen molar-refractivity contribution < 1.29 is 13.9 Å². The van der Waals surface area contributed by atoms with E-state index < -0.39 is 0 Å². The van der Waals surface area contributed by atoms with Crippen LogP contribution >= 0.6 is 0 Å². The predicted octanol–water partition coefficient (Wildman–Crippen LogP) is 4.47. The number of aromatic nitrogens is 2. The normalized spacial score (nSPS) is 22.3. The summed E-state index contributed by atoms with van der Waals surface area (Å²) < 4.78 is 25.3. The van der Waals surface area contributed by atoms with Gasteiger partial charge in [-0.25, -0.2) is 9.37 Å². The zero-order valence-corrected chi connectivity index (χ0v) is 20.4. The Bertz CT molecular complexity index is 914. The molecule has 3 heterocycles. The second-order valence-corrected chi connectivity index (χ2v) is 9.93. The Balaban J connectivity index is 1.36. The van der Waals surface area contributed by atoms with E-state index in [2.05, 4.69) is 32.8 Å². The lowest BCUT2D eigenvalue weighted by Gasteiger charge is -2.33. The third-order valence-corrected chi connectivity index (χ3v) is 7.14. The quantitative estimate of drug-likeness (QED) is 0.441. The van der Waals surface area contributed by atoms with E-state index in [0.29, 0.717) is 23.5 Å². The molecule has 1 saturated heterocycles. The van der Waals surface area contributed by atoms with Crippen LogP contribution in [-0.4, -0.2) is 62.1 Å². The lowest BCUT2D eigenvalue weighted by molar-refractivity contribution is 0.0300. The SMILES string of the molecule is COCCN[C@H]1CC[C@H](Nc2cc(-c3cncc(NCC4(C)CCOCC4)c3)c(F)cn2)CC1. The van der Waals surface area contributed by atoms with Crippen LogP contribution in [0.1, 0.15) is 45.4 Å². The van der Waals surface area contributed by atoms with Gasteiger partial charge in [0.25, 0.3) is 0 Å². The van der Waals surface area contributed by atoms with Gasteiger partial charge in [-0.05, 0) is 56.1 Å². The van der Waals surface area contributed by atoms with E-state index in [-0.39, 0.29) is 11.2 Å². The molecule has 2 aliphatic rings. The van der Waals surface area contributed by atoms with Gasteiger partial charge < -0.3 is 25.4 Å². The zero-order valence-electron chi connectivity index (χ0n) is 20.4. The Morgan fingerprint density at radius 3 is 2.62 bits per heavy atom. The molecule has 1 aliphatic heterocycles. The number of halogens is 1. The Labute approximate surface area is 202 Å². The molecule has 0 radical (unpaired) electrons. The fourth-order valence-corrected chi connectivity index (χ4v) is 4.80. The first-order valence-electron chi connectivity index (χ1n) is 12.5. The average Bonchev–Trinajstić information content (AvgIpc) is 2.86. The summed E-state index contributed by atoms with van der Waals surface area (Å²) in [7, 11) is 1.73. The standard InChI is InChI=1S/C26H38FN5O2/c1-26(7-10-34-11-8-26)18-31-22-13-19(15-28-16-22)23-14-25(30-17-24(23)27)32-21-5-3-20(4-6-21)29-9-12-33-2/h13-17,20-21,29,31H,3-12,18H2,1-2H3,(H,30,32)/t20-,21-. The summed E-state index contributed by atoms with van der Waals surface area (Å²) in [5.41, 5.74) is 2.36. The Morgan fingerprint density at radius 2 is 1.85 bits per heavy atom. The number of anilines is 2. The van der Waals surface area contributed by atoms with E-state index >= 15 is 0 Å². The third kappa shape index (κ3) is 6.87. The fourth-order valence-electron chi connectivity index (χ4n) is 4.80. The maximum Gasteiger partial charge on any atom is 0.149 e. The Kier molecular flexibility index (Phi) is 8.69. The minimum Gasteiger partial charge on any atom is -0.383 e. The van der Waals surface area contributed by atoms with Gasteiger partial charge in [0.2, 0.25) is 0 Å². The fraction of sp³-hybridized carbons (Fsp3) is 0.615. The first-order valence-corrected chi connectivity index (χ1v) is 12.5. The number of rotatable bonds is 10. The van der Waals surface area contributed by atoms with Crippen LogP contribution in [0.2, 0.25) is 0 Å². The molecule has 0 spiro atoms. The van der Waals surface area contributed by atoms with Crippen molar-refractivity contribution >= 4 is 11.5 Å². The van der Waals surface area contributed by atoms with E-state index in [1.165, 1.54) is 6.20 Å². The van der Waals surface area contributed by atoms with Crippen LogP contribution in [0.25, 0.3) is 11.1 Å². The molecule has 186 valence electrons. The Morgan fingerprint density at radius 1 is 1.09 bits per heavy atom. The summed E-state index contributed by atoms with van der Waals surface area (Å²) in [5, 5.41) is 10.6. The summed E-state index contributed by atoms with van der Waals surface area (Å²) in [6.07, 6.45) is 11.2. The van der Waals surface area contributed by atoms with Crippen LogP contribution in [0, 0.1) is 11.2 Å². The van der Waals surface area contributed by atoms with Gasteiger partial charge >= 0.3 is 0 Å². The van der Waals surface area contributed by atoms with Gasteiger partial charge in [0.15, 0.2) is 0 Å². The highest BCUT2D eigenvalue weighted by Gasteiger charge is 2.27. The molecule has 2 aromatic rings. The van der Waals surface area contributed by atoms with Crippen LogP contribution in [0.3, 0.4) is 0 Å². The summed E-state index contributed by atoms with van der Waals surface area (Å²) >= 11 is 0. The van der Waals surface area contributed by atoms with Crippen LogP contribution in [-0.2, 0) is 9.47 Å². The van der Waals surface area contributed by atoms with Gasteiger partial charge in [0, 0.05) is 69.0 Å². The number of pyridine rings is 2. The average molecular weight is 472 g/mol. The summed E-state index contributed by atoms with van der Waals surface area (Å²) in [4.78, 5) is 8.66. The van der Waals surface area contributed by atoms with Crippen molar-refractivity contribution in [1.29, 1.82) is 0 Å². The Hall–Kier alpha value is -2.29. The lowest BCUT2D eigenvalue weighted by Crippen LogP contribution is -2.38. The van der Waals surface area contributed by atoms with E-state index in [1.54, 1.807) is 25.6 Å². The molecular formula is C26H38FN5O2. The molecule has 8 heteroatoms. The van der Waals surface area contributed by atoms with Crippen LogP contribution < -0.4 is 16.0 Å². The highest BCUT2D eigenvalue weighted by Crippen LogP contribution is 2.31. The van der Waals surface area contributed by atoms with Gasteiger partial charge in [0.1, 0.15) is 11.6 Å². The second-order valence-electron chi connectivity index (χ2n) is 9.93. The van der Waals surface area contributed by atoms with Gasteiger partial charge in [-0.3, -0.25) is 4.98 Å². The number of methoxy groups -OCH3 is 1. The third-order valence-electron chi connectivity index (χ3n) is 7.14. The maximum atomic E-state index is 14.7. The van der Waals surface area contributed by atoms with Crippen LogP contribution in [0.15, 0.2) is 30.7 Å². The number of ether oxygens (including phenoxy) is 2. The predicted molar refractivity (Wildman–Crippen MR) is 134 cm³/mol. The number of hydrogen-bond donors (Lipinski definition) is 3. The monoisotopic (exact) mass is 471 g/mol. The van der Waals surface area contributed by atoms with Crippen molar-refractivity contribution in [3.63, 3.8) is 0 Å².